The average Bonchev–Trinajstić information content (AvgIpc) is 2.61. The van der Waals surface area contributed by atoms with Crippen molar-refractivity contribution in [1.82, 2.24) is 4.90 Å². The number of aryl methyl sites for hydroxylation is 2. The number of carbonyl (C=O) groups excluding carboxylic acids is 2. The monoisotopic (exact) mass is 276 g/mol. The Morgan fingerprint density at radius 3 is 2.68 bits per heavy atom. The van der Waals surface area contributed by atoms with Crippen LogP contribution < -0.4 is 5.73 Å². The minimum absolute atomic E-state index is 0.244. The lowest BCUT2D eigenvalue weighted by Crippen LogP contribution is -2.33. The van der Waals surface area contributed by atoms with E-state index in [1.54, 1.807) is 6.08 Å². The van der Waals surface area contributed by atoms with Crippen molar-refractivity contribution >= 4 is 29.0 Å². The first-order valence-electron chi connectivity index (χ1n) is 6.05. The van der Waals surface area contributed by atoms with Crippen molar-refractivity contribution in [2.75, 3.05) is 13.1 Å². The maximum atomic E-state index is 12.0. The quantitative estimate of drug-likeness (QED) is 0.860. The third-order valence-electron chi connectivity index (χ3n) is 2.94. The number of nitrogens with two attached hydrogens (primary N) is 1. The summed E-state index contributed by atoms with van der Waals surface area (Å²) >= 11 is 0.972. The van der Waals surface area contributed by atoms with E-state index in [4.69, 9.17) is 5.73 Å². The Labute approximate surface area is 116 Å². The van der Waals surface area contributed by atoms with Crippen LogP contribution in [0.2, 0.25) is 0 Å². The predicted molar refractivity (Wildman–Crippen MR) is 77.6 cm³/mol. The number of hydrogen-bond donors (Lipinski definition) is 1. The highest BCUT2D eigenvalue weighted by atomic mass is 32.2. The highest BCUT2D eigenvalue weighted by molar-refractivity contribution is 8.18. The van der Waals surface area contributed by atoms with E-state index in [-0.39, 0.29) is 24.2 Å². The number of thioether (sulfide) groups is 1. The molecule has 2 amide bonds. The van der Waals surface area contributed by atoms with E-state index in [0.29, 0.717) is 4.91 Å². The molecule has 1 aliphatic rings. The highest BCUT2D eigenvalue weighted by Crippen LogP contribution is 2.32. The van der Waals surface area contributed by atoms with Crippen LogP contribution in [0.5, 0.6) is 0 Å². The number of rotatable bonds is 3. The Kier molecular flexibility index (Phi) is 4.07. The summed E-state index contributed by atoms with van der Waals surface area (Å²) in [6.07, 6.45) is 1.77. The van der Waals surface area contributed by atoms with Crippen molar-refractivity contribution in [2.45, 2.75) is 13.8 Å². The molecule has 0 aromatic heterocycles. The van der Waals surface area contributed by atoms with E-state index in [2.05, 4.69) is 6.07 Å². The SMILES string of the molecule is Cc1ccc(/C=C2\SC(=O)N(CCN)C2=O)c(C)c1. The van der Waals surface area contributed by atoms with Crippen molar-refractivity contribution < 1.29 is 9.59 Å². The van der Waals surface area contributed by atoms with Crippen LogP contribution in [-0.2, 0) is 4.79 Å². The number of hydrogen-bond acceptors (Lipinski definition) is 4. The molecule has 1 aromatic rings. The Morgan fingerprint density at radius 2 is 2.05 bits per heavy atom. The van der Waals surface area contributed by atoms with E-state index in [0.717, 1.165) is 22.9 Å². The molecule has 2 N–H and O–H groups in total. The molecular weight excluding hydrogens is 260 g/mol. The maximum Gasteiger partial charge on any atom is 0.293 e. The summed E-state index contributed by atoms with van der Waals surface area (Å²) in [5.41, 5.74) is 8.62. The molecule has 1 aromatic carbocycles. The molecule has 0 unspecified atom stereocenters. The lowest BCUT2D eigenvalue weighted by atomic mass is 10.1. The Hall–Kier alpha value is -1.59. The summed E-state index contributed by atoms with van der Waals surface area (Å²) in [6.45, 7) is 4.57. The number of imide groups is 1. The largest absolute Gasteiger partial charge is 0.329 e. The van der Waals surface area contributed by atoms with Crippen LogP contribution in [-0.4, -0.2) is 29.1 Å². The third kappa shape index (κ3) is 2.88. The van der Waals surface area contributed by atoms with Gasteiger partial charge in [-0.05, 0) is 42.8 Å². The van der Waals surface area contributed by atoms with Crippen LogP contribution in [0.4, 0.5) is 4.79 Å². The van der Waals surface area contributed by atoms with Gasteiger partial charge in [0, 0.05) is 13.1 Å². The minimum atomic E-state index is -0.250. The van der Waals surface area contributed by atoms with Crippen LogP contribution in [0.1, 0.15) is 16.7 Å². The summed E-state index contributed by atoms with van der Waals surface area (Å²) < 4.78 is 0. The normalized spacial score (nSPS) is 17.6. The molecule has 0 radical (unpaired) electrons. The molecule has 5 heteroatoms. The Balaban J connectivity index is 2.30. The number of carbonyl (C=O) groups is 2. The van der Waals surface area contributed by atoms with E-state index in [1.807, 2.05) is 26.0 Å². The van der Waals surface area contributed by atoms with Gasteiger partial charge in [-0.15, -0.1) is 0 Å². The van der Waals surface area contributed by atoms with Gasteiger partial charge in [-0.2, -0.15) is 0 Å². The van der Waals surface area contributed by atoms with E-state index >= 15 is 0 Å². The molecule has 0 bridgehead atoms. The second-order valence-corrected chi connectivity index (χ2v) is 5.48. The van der Waals surface area contributed by atoms with Gasteiger partial charge in [-0.3, -0.25) is 14.5 Å². The molecule has 1 heterocycles. The zero-order valence-corrected chi connectivity index (χ0v) is 11.8. The Morgan fingerprint density at radius 1 is 1.32 bits per heavy atom. The highest BCUT2D eigenvalue weighted by Gasteiger charge is 2.34. The summed E-state index contributed by atoms with van der Waals surface area (Å²) in [4.78, 5) is 25.4. The molecule has 1 fully saturated rings. The second kappa shape index (κ2) is 5.59. The lowest BCUT2D eigenvalue weighted by molar-refractivity contribution is -0.122. The van der Waals surface area contributed by atoms with Crippen molar-refractivity contribution in [3.8, 4) is 0 Å². The number of nitrogens with zero attached hydrogens (tertiary/aromatic N) is 1. The molecule has 0 atom stereocenters. The first-order chi connectivity index (χ1) is 9.02. The van der Waals surface area contributed by atoms with Gasteiger partial charge in [-0.25, -0.2) is 0 Å². The van der Waals surface area contributed by atoms with E-state index in [9.17, 15) is 9.59 Å². The molecule has 4 nitrogen and oxygen atoms in total. The van der Waals surface area contributed by atoms with Crippen molar-refractivity contribution in [1.29, 1.82) is 0 Å². The van der Waals surface area contributed by atoms with Crippen molar-refractivity contribution in [3.63, 3.8) is 0 Å². The van der Waals surface area contributed by atoms with Crippen molar-refractivity contribution in [2.24, 2.45) is 5.73 Å². The molecule has 0 aliphatic carbocycles. The molecule has 1 aliphatic heterocycles. The van der Waals surface area contributed by atoms with Gasteiger partial charge in [0.2, 0.25) is 0 Å². The van der Waals surface area contributed by atoms with Crippen LogP contribution in [0.15, 0.2) is 23.1 Å². The standard InChI is InChI=1S/C14H16N2O2S/c1-9-3-4-11(10(2)7-9)8-12-13(17)16(6-5-15)14(18)19-12/h3-4,7-8H,5-6,15H2,1-2H3/b12-8-. The maximum absolute atomic E-state index is 12.0. The van der Waals surface area contributed by atoms with Gasteiger partial charge in [-0.1, -0.05) is 23.8 Å². The van der Waals surface area contributed by atoms with Crippen LogP contribution >= 0.6 is 11.8 Å². The minimum Gasteiger partial charge on any atom is -0.329 e. The molecule has 0 saturated carbocycles. The molecular formula is C14H16N2O2S. The molecule has 0 spiro atoms. The van der Waals surface area contributed by atoms with E-state index in [1.165, 1.54) is 10.5 Å². The van der Waals surface area contributed by atoms with Crippen LogP contribution in [0.25, 0.3) is 6.08 Å². The van der Waals surface area contributed by atoms with Gasteiger partial charge < -0.3 is 5.73 Å². The van der Waals surface area contributed by atoms with E-state index < -0.39 is 0 Å². The molecule has 1 saturated heterocycles. The topological polar surface area (TPSA) is 63.4 Å². The fourth-order valence-electron chi connectivity index (χ4n) is 1.95. The van der Waals surface area contributed by atoms with Gasteiger partial charge in [0.15, 0.2) is 0 Å². The second-order valence-electron chi connectivity index (χ2n) is 4.48. The van der Waals surface area contributed by atoms with Crippen LogP contribution in [0, 0.1) is 13.8 Å². The summed E-state index contributed by atoms with van der Waals surface area (Å²) in [5.74, 6) is -0.250. The van der Waals surface area contributed by atoms with Gasteiger partial charge in [0.05, 0.1) is 4.91 Å². The smallest absolute Gasteiger partial charge is 0.293 e. The summed E-state index contributed by atoms with van der Waals surface area (Å²) in [6, 6.07) is 6.00. The lowest BCUT2D eigenvalue weighted by Gasteiger charge is -2.09. The fourth-order valence-corrected chi connectivity index (χ4v) is 2.81. The molecule has 2 rings (SSSR count). The molecule has 100 valence electrons. The zero-order chi connectivity index (χ0) is 14.0. The average molecular weight is 276 g/mol. The first kappa shape index (κ1) is 13.8. The number of benzene rings is 1. The summed E-state index contributed by atoms with van der Waals surface area (Å²) in [7, 11) is 0. The summed E-state index contributed by atoms with van der Waals surface area (Å²) in [5, 5.41) is -0.244. The van der Waals surface area contributed by atoms with Gasteiger partial charge >= 0.3 is 0 Å². The van der Waals surface area contributed by atoms with Crippen molar-refractivity contribution in [3.05, 3.63) is 39.8 Å². The fraction of sp³-hybridized carbons (Fsp3) is 0.286. The molecule has 19 heavy (non-hydrogen) atoms. The van der Waals surface area contributed by atoms with Gasteiger partial charge in [0.1, 0.15) is 0 Å². The third-order valence-corrected chi connectivity index (χ3v) is 3.85. The predicted octanol–water partition coefficient (Wildman–Crippen LogP) is 2.30. The van der Waals surface area contributed by atoms with Gasteiger partial charge in [0.25, 0.3) is 11.1 Å². The number of amides is 2. The van der Waals surface area contributed by atoms with Crippen LogP contribution in [0.3, 0.4) is 0 Å². The first-order valence-corrected chi connectivity index (χ1v) is 6.87. The Bertz CT molecular complexity index is 567. The zero-order valence-electron chi connectivity index (χ0n) is 11.0.